The van der Waals surface area contributed by atoms with Gasteiger partial charge >= 0.3 is 0 Å². The average Bonchev–Trinajstić information content (AvgIpc) is 1.94. The van der Waals surface area contributed by atoms with Gasteiger partial charge in [0, 0.05) is 6.54 Å². The minimum atomic E-state index is 0.0683. The highest BCUT2D eigenvalue weighted by molar-refractivity contribution is 5.82. The van der Waals surface area contributed by atoms with Crippen molar-refractivity contribution >= 4 is 5.91 Å². The second-order valence-corrected chi connectivity index (χ2v) is 2.54. The lowest BCUT2D eigenvalue weighted by atomic mass is 10.1. The average molecular weight is 142 g/mol. The van der Waals surface area contributed by atoms with Crippen LogP contribution < -0.4 is 10.6 Å². The van der Waals surface area contributed by atoms with Gasteiger partial charge in [0.1, 0.15) is 0 Å². The molecule has 1 aliphatic rings. The minimum absolute atomic E-state index is 0.0683. The molecule has 1 atom stereocenters. The van der Waals surface area contributed by atoms with Crippen LogP contribution in [0.5, 0.6) is 0 Å². The van der Waals surface area contributed by atoms with Crippen molar-refractivity contribution < 1.29 is 4.79 Å². The summed E-state index contributed by atoms with van der Waals surface area (Å²) in [4.78, 5) is 11.0. The number of rotatable bonds is 2. The van der Waals surface area contributed by atoms with Crippen LogP contribution in [0.25, 0.3) is 0 Å². The van der Waals surface area contributed by atoms with E-state index in [1.54, 1.807) is 0 Å². The maximum atomic E-state index is 11.0. The molecule has 0 spiro atoms. The summed E-state index contributed by atoms with van der Waals surface area (Å²) in [6, 6.07) is 0.0683. The van der Waals surface area contributed by atoms with Crippen molar-refractivity contribution in [1.29, 1.82) is 0 Å². The van der Waals surface area contributed by atoms with Crippen molar-refractivity contribution in [2.24, 2.45) is 0 Å². The van der Waals surface area contributed by atoms with Gasteiger partial charge in [-0.1, -0.05) is 6.92 Å². The van der Waals surface area contributed by atoms with Crippen LogP contribution in [0.3, 0.4) is 0 Å². The molecule has 0 bridgehead atoms. The maximum absolute atomic E-state index is 11.0. The lowest BCUT2D eigenvalue weighted by Gasteiger charge is -2.21. The number of hydrogen-bond acceptors (Lipinski definition) is 2. The van der Waals surface area contributed by atoms with Gasteiger partial charge in [-0.15, -0.1) is 0 Å². The zero-order valence-electron chi connectivity index (χ0n) is 6.31. The Morgan fingerprint density at radius 1 is 1.80 bits per heavy atom. The Kier molecular flexibility index (Phi) is 2.68. The third-order valence-electron chi connectivity index (χ3n) is 1.74. The molecular formula is C7H14N2O. The maximum Gasteiger partial charge on any atom is 0.237 e. The van der Waals surface area contributed by atoms with Crippen LogP contribution >= 0.6 is 0 Å². The van der Waals surface area contributed by atoms with Crippen LogP contribution in [0.2, 0.25) is 0 Å². The molecule has 3 heteroatoms. The topological polar surface area (TPSA) is 41.1 Å². The SMILES string of the molecule is CCNC1CCCNC1=O. The van der Waals surface area contributed by atoms with E-state index < -0.39 is 0 Å². The summed E-state index contributed by atoms with van der Waals surface area (Å²) >= 11 is 0. The van der Waals surface area contributed by atoms with Crippen LogP contribution in [0.15, 0.2) is 0 Å². The second kappa shape index (κ2) is 3.56. The van der Waals surface area contributed by atoms with E-state index in [9.17, 15) is 4.79 Å². The number of carbonyl (C=O) groups excluding carboxylic acids is 1. The van der Waals surface area contributed by atoms with E-state index in [-0.39, 0.29) is 11.9 Å². The van der Waals surface area contributed by atoms with E-state index in [4.69, 9.17) is 0 Å². The Morgan fingerprint density at radius 3 is 3.20 bits per heavy atom. The third-order valence-corrected chi connectivity index (χ3v) is 1.74. The fraction of sp³-hybridized carbons (Fsp3) is 0.857. The van der Waals surface area contributed by atoms with Crippen molar-refractivity contribution in [3.63, 3.8) is 0 Å². The van der Waals surface area contributed by atoms with E-state index in [1.807, 2.05) is 6.92 Å². The van der Waals surface area contributed by atoms with E-state index in [0.29, 0.717) is 0 Å². The van der Waals surface area contributed by atoms with E-state index in [2.05, 4.69) is 10.6 Å². The first-order valence-electron chi connectivity index (χ1n) is 3.85. The third kappa shape index (κ3) is 1.70. The molecule has 0 aromatic carbocycles. The molecule has 1 aliphatic heterocycles. The quantitative estimate of drug-likeness (QED) is 0.564. The Hall–Kier alpha value is -0.570. The normalized spacial score (nSPS) is 26.1. The summed E-state index contributed by atoms with van der Waals surface area (Å²) in [7, 11) is 0. The molecule has 1 unspecified atom stereocenters. The number of amides is 1. The molecule has 1 saturated heterocycles. The van der Waals surface area contributed by atoms with E-state index in [1.165, 1.54) is 0 Å². The van der Waals surface area contributed by atoms with Crippen molar-refractivity contribution in [1.82, 2.24) is 10.6 Å². The van der Waals surface area contributed by atoms with Gasteiger partial charge in [0.25, 0.3) is 0 Å². The summed E-state index contributed by atoms with van der Waals surface area (Å²) in [5, 5.41) is 5.94. The first-order chi connectivity index (χ1) is 4.84. The van der Waals surface area contributed by atoms with Gasteiger partial charge < -0.3 is 10.6 Å². The minimum Gasteiger partial charge on any atom is -0.355 e. The van der Waals surface area contributed by atoms with Gasteiger partial charge in [-0.05, 0) is 19.4 Å². The van der Waals surface area contributed by atoms with Crippen molar-refractivity contribution in [3.8, 4) is 0 Å². The number of carbonyl (C=O) groups is 1. The Balaban J connectivity index is 2.32. The van der Waals surface area contributed by atoms with E-state index >= 15 is 0 Å². The second-order valence-electron chi connectivity index (χ2n) is 2.54. The number of nitrogens with one attached hydrogen (secondary N) is 2. The molecule has 1 fully saturated rings. The van der Waals surface area contributed by atoms with Gasteiger partial charge in [-0.25, -0.2) is 0 Å². The molecule has 10 heavy (non-hydrogen) atoms. The molecule has 1 amide bonds. The van der Waals surface area contributed by atoms with Crippen LogP contribution in [-0.2, 0) is 4.79 Å². The zero-order valence-corrected chi connectivity index (χ0v) is 6.31. The lowest BCUT2D eigenvalue weighted by Crippen LogP contribution is -2.48. The molecule has 3 nitrogen and oxygen atoms in total. The number of hydrogen-bond donors (Lipinski definition) is 2. The molecule has 1 heterocycles. The fourth-order valence-corrected chi connectivity index (χ4v) is 1.21. The smallest absolute Gasteiger partial charge is 0.237 e. The van der Waals surface area contributed by atoms with Crippen LogP contribution in [0.1, 0.15) is 19.8 Å². The summed E-state index contributed by atoms with van der Waals surface area (Å²) < 4.78 is 0. The first kappa shape index (κ1) is 7.54. The summed E-state index contributed by atoms with van der Waals surface area (Å²) in [5.41, 5.74) is 0. The molecule has 0 aliphatic carbocycles. The van der Waals surface area contributed by atoms with Gasteiger partial charge in [0.15, 0.2) is 0 Å². The van der Waals surface area contributed by atoms with Crippen molar-refractivity contribution in [3.05, 3.63) is 0 Å². The molecule has 0 aromatic rings. The molecular weight excluding hydrogens is 128 g/mol. The highest BCUT2D eigenvalue weighted by atomic mass is 16.2. The summed E-state index contributed by atoms with van der Waals surface area (Å²) in [6.45, 7) is 3.74. The monoisotopic (exact) mass is 142 g/mol. The Bertz CT molecular complexity index is 123. The standard InChI is InChI=1S/C7H14N2O/c1-2-8-6-4-3-5-9-7(6)10/h6,8H,2-5H2,1H3,(H,9,10). The predicted molar refractivity (Wildman–Crippen MR) is 39.7 cm³/mol. The summed E-state index contributed by atoms with van der Waals surface area (Å²) in [6.07, 6.45) is 2.09. The first-order valence-corrected chi connectivity index (χ1v) is 3.85. The fourth-order valence-electron chi connectivity index (χ4n) is 1.21. The molecule has 2 N–H and O–H groups in total. The predicted octanol–water partition coefficient (Wildman–Crippen LogP) is -0.126. The highest BCUT2D eigenvalue weighted by Crippen LogP contribution is 2.01. The van der Waals surface area contributed by atoms with Gasteiger partial charge in [0.2, 0.25) is 5.91 Å². The molecule has 1 rings (SSSR count). The van der Waals surface area contributed by atoms with Gasteiger partial charge in [0.05, 0.1) is 6.04 Å². The number of likely N-dealkylation sites (N-methyl/N-ethyl adjacent to an activating group) is 1. The Morgan fingerprint density at radius 2 is 2.60 bits per heavy atom. The van der Waals surface area contributed by atoms with Crippen LogP contribution in [-0.4, -0.2) is 25.0 Å². The Labute approximate surface area is 61.2 Å². The molecule has 58 valence electrons. The van der Waals surface area contributed by atoms with Crippen molar-refractivity contribution in [2.75, 3.05) is 13.1 Å². The summed E-state index contributed by atoms with van der Waals surface area (Å²) in [5.74, 6) is 0.160. The van der Waals surface area contributed by atoms with Crippen LogP contribution in [0.4, 0.5) is 0 Å². The number of piperidine rings is 1. The highest BCUT2D eigenvalue weighted by Gasteiger charge is 2.19. The van der Waals surface area contributed by atoms with Gasteiger partial charge in [-0.2, -0.15) is 0 Å². The molecule has 0 radical (unpaired) electrons. The van der Waals surface area contributed by atoms with Crippen LogP contribution in [0, 0.1) is 0 Å². The van der Waals surface area contributed by atoms with Gasteiger partial charge in [-0.3, -0.25) is 4.79 Å². The molecule has 0 aromatic heterocycles. The van der Waals surface area contributed by atoms with Crippen molar-refractivity contribution in [2.45, 2.75) is 25.8 Å². The van der Waals surface area contributed by atoms with E-state index in [0.717, 1.165) is 25.9 Å². The zero-order chi connectivity index (χ0) is 7.40. The molecule has 0 saturated carbocycles. The largest absolute Gasteiger partial charge is 0.355 e. The lowest BCUT2D eigenvalue weighted by molar-refractivity contribution is -0.124.